The van der Waals surface area contributed by atoms with Crippen LogP contribution in [0.25, 0.3) is 0 Å². The van der Waals surface area contributed by atoms with Crippen LogP contribution in [-0.4, -0.2) is 62.6 Å². The van der Waals surface area contributed by atoms with Crippen molar-refractivity contribution in [3.8, 4) is 5.75 Å². The molecule has 0 aromatic carbocycles. The smallest absolute Gasteiger partial charge is 0.237 e. The van der Waals surface area contributed by atoms with Gasteiger partial charge in [0, 0.05) is 44.7 Å². The Kier molecular flexibility index (Phi) is 8.53. The number of hydrogen-bond donors (Lipinski definition) is 1. The Labute approximate surface area is 180 Å². The average Bonchev–Trinajstić information content (AvgIpc) is 2.65. The molecule has 4 atom stereocenters. The SMILES string of the molecule is CCOP(C)(=O)CCOC1Cn2cc(Br)c(=O)c(OC)c2C(O)C1(C)CCOC. The highest BCUT2D eigenvalue weighted by Crippen LogP contribution is 2.48. The minimum absolute atomic E-state index is 0.114. The van der Waals surface area contributed by atoms with Gasteiger partial charge in [0.2, 0.25) is 12.8 Å². The van der Waals surface area contributed by atoms with Crippen LogP contribution in [0.15, 0.2) is 15.5 Å². The van der Waals surface area contributed by atoms with Crippen molar-refractivity contribution in [2.75, 3.05) is 46.9 Å². The van der Waals surface area contributed by atoms with E-state index in [1.807, 2.05) is 6.92 Å². The fourth-order valence-electron chi connectivity index (χ4n) is 3.69. The van der Waals surface area contributed by atoms with Crippen LogP contribution in [0.3, 0.4) is 0 Å². The molecule has 2 heterocycles. The summed E-state index contributed by atoms with van der Waals surface area (Å²) in [5.74, 6) is 0.114. The van der Waals surface area contributed by atoms with Gasteiger partial charge >= 0.3 is 0 Å². The van der Waals surface area contributed by atoms with Gasteiger partial charge in [-0.3, -0.25) is 9.36 Å². The molecule has 1 aromatic heterocycles. The van der Waals surface area contributed by atoms with Crippen molar-refractivity contribution < 1.29 is 28.4 Å². The second kappa shape index (κ2) is 10.1. The summed E-state index contributed by atoms with van der Waals surface area (Å²) in [5.41, 5.74) is -0.614. The standard InChI is InChI=1S/C19H31BrNO7P/c1-6-28-29(5,24)10-9-27-14-12-21-11-13(20)16(22)17(26-4)15(21)18(23)19(14,2)7-8-25-3/h11,14,18,23H,6-10,12H2,1-5H3. The molecule has 0 amide bonds. The molecule has 1 N–H and O–H groups in total. The van der Waals surface area contributed by atoms with Gasteiger partial charge in [-0.25, -0.2) is 0 Å². The number of rotatable bonds is 10. The third kappa shape index (κ3) is 5.32. The fraction of sp³-hybridized carbons (Fsp3) is 0.737. The molecule has 8 nitrogen and oxygen atoms in total. The Balaban J connectivity index is 2.37. The number of aliphatic hydroxyl groups is 1. The van der Waals surface area contributed by atoms with Gasteiger partial charge in [0.15, 0.2) is 5.75 Å². The Morgan fingerprint density at radius 1 is 1.38 bits per heavy atom. The molecular formula is C19H31BrNO7P. The predicted molar refractivity (Wildman–Crippen MR) is 114 cm³/mol. The Bertz CT molecular complexity index is 814. The molecule has 29 heavy (non-hydrogen) atoms. The number of methoxy groups -OCH3 is 2. The van der Waals surface area contributed by atoms with E-state index in [-0.39, 0.29) is 30.1 Å². The van der Waals surface area contributed by atoms with Crippen LogP contribution in [0.1, 0.15) is 32.1 Å². The zero-order valence-electron chi connectivity index (χ0n) is 17.6. The molecule has 0 spiro atoms. The number of pyridine rings is 1. The largest absolute Gasteiger partial charge is 0.491 e. The minimum atomic E-state index is -2.72. The summed E-state index contributed by atoms with van der Waals surface area (Å²) in [4.78, 5) is 12.5. The first-order valence-electron chi connectivity index (χ1n) is 9.57. The zero-order chi connectivity index (χ0) is 21.8. The fourth-order valence-corrected chi connectivity index (χ4v) is 5.23. The van der Waals surface area contributed by atoms with E-state index in [1.54, 1.807) is 31.5 Å². The molecular weight excluding hydrogens is 465 g/mol. The first-order valence-corrected chi connectivity index (χ1v) is 12.6. The van der Waals surface area contributed by atoms with Gasteiger partial charge in [-0.05, 0) is 29.3 Å². The van der Waals surface area contributed by atoms with Gasteiger partial charge in [0.25, 0.3) is 0 Å². The lowest BCUT2D eigenvalue weighted by atomic mass is 9.72. The molecule has 0 fully saturated rings. The molecule has 2 rings (SSSR count). The highest BCUT2D eigenvalue weighted by atomic mass is 79.9. The van der Waals surface area contributed by atoms with Gasteiger partial charge in [-0.2, -0.15) is 0 Å². The van der Waals surface area contributed by atoms with Crippen LogP contribution in [0.4, 0.5) is 0 Å². The van der Waals surface area contributed by atoms with Crippen LogP contribution >= 0.6 is 23.3 Å². The quantitative estimate of drug-likeness (QED) is 0.498. The summed E-state index contributed by atoms with van der Waals surface area (Å²) in [6, 6.07) is 0. The Morgan fingerprint density at radius 3 is 2.66 bits per heavy atom. The van der Waals surface area contributed by atoms with Gasteiger partial charge < -0.3 is 28.4 Å². The summed E-state index contributed by atoms with van der Waals surface area (Å²) in [6.45, 7) is 6.76. The molecule has 0 radical (unpaired) electrons. The predicted octanol–water partition coefficient (Wildman–Crippen LogP) is 3.04. The monoisotopic (exact) mass is 495 g/mol. The molecule has 0 aliphatic carbocycles. The number of ether oxygens (including phenoxy) is 3. The van der Waals surface area contributed by atoms with Crippen molar-refractivity contribution in [2.24, 2.45) is 5.41 Å². The molecule has 10 heteroatoms. The van der Waals surface area contributed by atoms with Crippen LogP contribution in [0.2, 0.25) is 0 Å². The van der Waals surface area contributed by atoms with E-state index in [0.717, 1.165) is 0 Å². The van der Waals surface area contributed by atoms with Crippen molar-refractivity contribution in [1.29, 1.82) is 0 Å². The Morgan fingerprint density at radius 2 is 2.07 bits per heavy atom. The van der Waals surface area contributed by atoms with Gasteiger partial charge in [0.1, 0.15) is 6.10 Å². The maximum absolute atomic E-state index is 12.5. The van der Waals surface area contributed by atoms with Crippen molar-refractivity contribution in [2.45, 2.75) is 39.0 Å². The van der Waals surface area contributed by atoms with E-state index in [4.69, 9.17) is 18.7 Å². The number of aliphatic hydroxyl groups excluding tert-OH is 1. The third-order valence-corrected chi connectivity index (χ3v) is 7.85. The van der Waals surface area contributed by atoms with Gasteiger partial charge in [-0.15, -0.1) is 0 Å². The zero-order valence-corrected chi connectivity index (χ0v) is 20.1. The van der Waals surface area contributed by atoms with Crippen LogP contribution in [0, 0.1) is 5.41 Å². The highest BCUT2D eigenvalue weighted by molar-refractivity contribution is 9.10. The molecule has 0 saturated carbocycles. The van der Waals surface area contributed by atoms with Gasteiger partial charge in [0.05, 0.1) is 36.6 Å². The summed E-state index contributed by atoms with van der Waals surface area (Å²) in [5, 5.41) is 11.3. The summed E-state index contributed by atoms with van der Waals surface area (Å²) >= 11 is 3.26. The number of halogens is 1. The highest BCUT2D eigenvalue weighted by Gasteiger charge is 2.48. The van der Waals surface area contributed by atoms with E-state index in [9.17, 15) is 14.5 Å². The lowest BCUT2D eigenvalue weighted by Crippen LogP contribution is -2.49. The molecule has 0 bridgehead atoms. The van der Waals surface area contributed by atoms with Crippen molar-refractivity contribution >= 4 is 23.3 Å². The van der Waals surface area contributed by atoms with Crippen LogP contribution in [0.5, 0.6) is 5.75 Å². The first-order chi connectivity index (χ1) is 13.6. The molecule has 1 aromatic rings. The lowest BCUT2D eigenvalue weighted by molar-refractivity contribution is -0.128. The average molecular weight is 496 g/mol. The number of hydrogen-bond acceptors (Lipinski definition) is 7. The molecule has 4 unspecified atom stereocenters. The summed E-state index contributed by atoms with van der Waals surface area (Å²) in [6.07, 6.45) is 1.05. The second-order valence-corrected chi connectivity index (χ2v) is 11.1. The maximum Gasteiger partial charge on any atom is 0.237 e. The molecule has 1 aliphatic rings. The molecule has 1 aliphatic heterocycles. The normalized spacial score (nSPS) is 26.0. The number of nitrogens with zero attached hydrogens (tertiary/aromatic N) is 1. The van der Waals surface area contributed by atoms with Crippen molar-refractivity contribution in [3.63, 3.8) is 0 Å². The topological polar surface area (TPSA) is 96.2 Å². The van der Waals surface area contributed by atoms with E-state index in [1.165, 1.54) is 7.11 Å². The van der Waals surface area contributed by atoms with E-state index in [2.05, 4.69) is 15.9 Å². The Hall–Kier alpha value is -0.700. The van der Waals surface area contributed by atoms with E-state index < -0.39 is 18.9 Å². The maximum atomic E-state index is 12.5. The molecule has 0 saturated heterocycles. The first kappa shape index (κ1) is 24.6. The number of aromatic nitrogens is 1. The van der Waals surface area contributed by atoms with Gasteiger partial charge in [-0.1, -0.05) is 6.92 Å². The van der Waals surface area contributed by atoms with E-state index >= 15 is 0 Å². The van der Waals surface area contributed by atoms with E-state index in [0.29, 0.717) is 36.3 Å². The second-order valence-electron chi connectivity index (χ2n) is 7.54. The lowest BCUT2D eigenvalue weighted by Gasteiger charge is -2.46. The third-order valence-electron chi connectivity index (χ3n) is 5.48. The number of fused-ring (bicyclic) bond motifs is 1. The van der Waals surface area contributed by atoms with Crippen LogP contribution < -0.4 is 10.2 Å². The van der Waals surface area contributed by atoms with Crippen molar-refractivity contribution in [1.82, 2.24) is 4.57 Å². The summed E-state index contributed by atoms with van der Waals surface area (Å²) in [7, 11) is 0.293. The molecule has 166 valence electrons. The van der Waals surface area contributed by atoms with Crippen LogP contribution in [-0.2, 0) is 25.1 Å². The van der Waals surface area contributed by atoms with Crippen molar-refractivity contribution in [3.05, 3.63) is 26.6 Å². The summed E-state index contributed by atoms with van der Waals surface area (Å²) < 4.78 is 36.5. The minimum Gasteiger partial charge on any atom is -0.491 e.